The van der Waals surface area contributed by atoms with Crippen molar-refractivity contribution in [2.45, 2.75) is 64.4 Å². The summed E-state index contributed by atoms with van der Waals surface area (Å²) in [6, 6.07) is -2.86. The van der Waals surface area contributed by atoms with Crippen molar-refractivity contribution in [2.75, 3.05) is 19.6 Å². The first-order valence-corrected chi connectivity index (χ1v) is 9.54. The number of imide groups is 1. The molecule has 0 bridgehead atoms. The zero-order valence-corrected chi connectivity index (χ0v) is 16.9. The van der Waals surface area contributed by atoms with Gasteiger partial charge in [0.25, 0.3) is 11.8 Å². The van der Waals surface area contributed by atoms with E-state index in [0.29, 0.717) is 38.2 Å². The van der Waals surface area contributed by atoms with E-state index in [4.69, 9.17) is 10.3 Å². The largest absolute Gasteiger partial charge is 0.388 e. The maximum atomic E-state index is 11.6. The number of amides is 2. The van der Waals surface area contributed by atoms with Gasteiger partial charge in [0.05, 0.1) is 1.37 Å². The van der Waals surface area contributed by atoms with Gasteiger partial charge in [-0.05, 0) is 33.2 Å². The lowest BCUT2D eigenvalue weighted by Crippen LogP contribution is -2.40. The number of carbonyl (C=O) groups excluding carboxylic acids is 2. The molecule has 0 aromatic heterocycles. The normalized spacial score (nSPS) is 26.9. The minimum Gasteiger partial charge on any atom is -0.388 e. The van der Waals surface area contributed by atoms with Gasteiger partial charge in [0.15, 0.2) is 0 Å². The van der Waals surface area contributed by atoms with E-state index in [1.165, 1.54) is 4.90 Å². The van der Waals surface area contributed by atoms with Gasteiger partial charge < -0.3 is 15.5 Å². The van der Waals surface area contributed by atoms with Crippen molar-refractivity contribution < 1.29 is 19.9 Å². The molecule has 2 rings (SSSR count). The second kappa shape index (κ2) is 10.3. The molecule has 2 saturated heterocycles. The maximum Gasteiger partial charge on any atom is 0.263 e. The highest BCUT2D eigenvalue weighted by Gasteiger charge is 2.31. The molecular formula is C21H34N4O3. The Morgan fingerprint density at radius 2 is 1.89 bits per heavy atom. The molecule has 0 radical (unpaired) electrons. The van der Waals surface area contributed by atoms with Crippen LogP contribution in [0.1, 0.15) is 57.8 Å². The third-order valence-electron chi connectivity index (χ3n) is 4.49. The van der Waals surface area contributed by atoms with Crippen LogP contribution in [0.15, 0.2) is 36.9 Å². The molecule has 0 spiro atoms. The summed E-state index contributed by atoms with van der Waals surface area (Å²) in [5.41, 5.74) is 0.924. The number of likely N-dealkylation sites (tertiary alicyclic amines) is 1. The van der Waals surface area contributed by atoms with Gasteiger partial charge in [-0.3, -0.25) is 14.5 Å². The molecule has 0 aromatic carbocycles. The molecule has 7 heteroatoms. The first-order chi connectivity index (χ1) is 14.7. The van der Waals surface area contributed by atoms with Gasteiger partial charge in [0.2, 0.25) is 0 Å². The van der Waals surface area contributed by atoms with E-state index in [0.717, 1.165) is 5.06 Å². The summed E-state index contributed by atoms with van der Waals surface area (Å²) in [5.74, 6) is -0.449. The summed E-state index contributed by atoms with van der Waals surface area (Å²) in [6.07, 6.45) is -0.495. The van der Waals surface area contributed by atoms with Crippen LogP contribution in [0.25, 0.3) is 0 Å². The Bertz CT molecular complexity index is 780. The summed E-state index contributed by atoms with van der Waals surface area (Å²) in [6.45, 7) is 16.0. The lowest BCUT2D eigenvalue weighted by Gasteiger charge is -2.30. The molecule has 2 amide bonds. The van der Waals surface area contributed by atoms with Gasteiger partial charge in [0.1, 0.15) is 5.76 Å². The van der Waals surface area contributed by atoms with Crippen LogP contribution in [0.2, 0.25) is 0 Å². The van der Waals surface area contributed by atoms with Crippen LogP contribution in [-0.4, -0.2) is 53.4 Å². The first kappa shape index (κ1) is 16.7. The minimum absolute atomic E-state index is 0.150. The summed E-state index contributed by atoms with van der Waals surface area (Å²) in [7, 11) is 0. The fourth-order valence-corrected chi connectivity index (χ4v) is 2.96. The van der Waals surface area contributed by atoms with Crippen LogP contribution in [0.3, 0.4) is 0 Å². The number of carbonyl (C=O) groups is 2. The molecular weight excluding hydrogens is 356 g/mol. The van der Waals surface area contributed by atoms with Gasteiger partial charge in [0, 0.05) is 66.3 Å². The van der Waals surface area contributed by atoms with Crippen LogP contribution in [0.4, 0.5) is 0 Å². The van der Waals surface area contributed by atoms with Gasteiger partial charge in [-0.25, -0.2) is 0 Å². The van der Waals surface area contributed by atoms with E-state index in [1.807, 2.05) is 0 Å². The van der Waals surface area contributed by atoms with E-state index in [2.05, 4.69) is 30.4 Å². The van der Waals surface area contributed by atoms with E-state index in [1.54, 1.807) is 13.8 Å². The highest BCUT2D eigenvalue weighted by Crippen LogP contribution is 2.23. The first-order valence-electron chi connectivity index (χ1n) is 11.5. The van der Waals surface area contributed by atoms with Crippen molar-refractivity contribution in [3.63, 3.8) is 0 Å². The van der Waals surface area contributed by atoms with Gasteiger partial charge in [-0.2, -0.15) is 0 Å². The maximum absolute atomic E-state index is 11.6. The predicted octanol–water partition coefficient (Wildman–Crippen LogP) is 2.44. The lowest BCUT2D eigenvalue weighted by molar-refractivity contribution is -0.177. The Balaban J connectivity index is 1.75. The zero-order valence-electron chi connectivity index (χ0n) is 20.9. The van der Waals surface area contributed by atoms with Crippen LogP contribution in [-0.2, 0) is 14.4 Å². The molecule has 1 atom stereocenters. The number of nitrogens with one attached hydrogen (secondary N) is 2. The molecule has 2 aliphatic rings. The van der Waals surface area contributed by atoms with Crippen molar-refractivity contribution in [3.05, 3.63) is 36.9 Å². The third kappa shape index (κ3) is 6.12. The van der Waals surface area contributed by atoms with Crippen LogP contribution in [0, 0.1) is 0 Å². The Kier molecular flexibility index (Phi) is 6.14. The third-order valence-corrected chi connectivity index (χ3v) is 4.49. The fourth-order valence-electron chi connectivity index (χ4n) is 2.96. The molecule has 0 saturated carbocycles. The van der Waals surface area contributed by atoms with Crippen molar-refractivity contribution >= 4 is 11.8 Å². The smallest absolute Gasteiger partial charge is 0.263 e. The number of hydrogen-bond donors (Lipinski definition) is 2. The average Bonchev–Trinajstić information content (AvgIpc) is 3.11. The minimum atomic E-state index is -1.83. The van der Waals surface area contributed by atoms with E-state index < -0.39 is 18.4 Å². The summed E-state index contributed by atoms with van der Waals surface area (Å²) >= 11 is 0. The lowest BCUT2D eigenvalue weighted by atomic mass is 10.1. The predicted molar refractivity (Wildman–Crippen MR) is 110 cm³/mol. The van der Waals surface area contributed by atoms with Gasteiger partial charge in [-0.15, -0.1) is 5.06 Å². The Morgan fingerprint density at radius 1 is 1.25 bits per heavy atom. The second-order valence-corrected chi connectivity index (χ2v) is 7.02. The molecule has 2 heterocycles. The van der Waals surface area contributed by atoms with Crippen molar-refractivity contribution in [3.8, 4) is 0 Å². The summed E-state index contributed by atoms with van der Waals surface area (Å²) < 4.78 is 33.7. The van der Waals surface area contributed by atoms with Crippen LogP contribution in [0.5, 0.6) is 0 Å². The van der Waals surface area contributed by atoms with E-state index in [9.17, 15) is 9.59 Å². The molecule has 0 aliphatic carbocycles. The van der Waals surface area contributed by atoms with Gasteiger partial charge >= 0.3 is 0 Å². The number of nitrogens with zero attached hydrogens (tertiary/aromatic N) is 2. The number of hydroxylamine groups is 2. The van der Waals surface area contributed by atoms with E-state index in [-0.39, 0.29) is 42.5 Å². The molecule has 7 nitrogen and oxygen atoms in total. The monoisotopic (exact) mass is 394 g/mol. The molecule has 1 unspecified atom stereocenters. The highest BCUT2D eigenvalue weighted by atomic mass is 16.7. The Morgan fingerprint density at radius 3 is 2.54 bits per heavy atom. The zero-order chi connectivity index (χ0) is 24.3. The van der Waals surface area contributed by atoms with Crippen molar-refractivity contribution in [1.29, 1.82) is 0 Å². The molecule has 28 heavy (non-hydrogen) atoms. The highest BCUT2D eigenvalue weighted by molar-refractivity contribution is 6.00. The fraction of sp³-hybridized carbons (Fsp3) is 0.619. The molecule has 2 N–H and O–H groups in total. The van der Waals surface area contributed by atoms with Gasteiger partial charge in [-0.1, -0.05) is 19.7 Å². The summed E-state index contributed by atoms with van der Waals surface area (Å²) in [5, 5.41) is 6.90. The second-order valence-electron chi connectivity index (χ2n) is 7.02. The Labute approximate surface area is 174 Å². The average molecular weight is 395 g/mol. The molecule has 0 aromatic rings. The molecule has 2 aliphatic heterocycles. The van der Waals surface area contributed by atoms with Crippen LogP contribution >= 0.6 is 0 Å². The van der Waals surface area contributed by atoms with Crippen LogP contribution < -0.4 is 10.6 Å². The van der Waals surface area contributed by atoms with Crippen molar-refractivity contribution in [1.82, 2.24) is 20.6 Å². The molecule has 2 fully saturated rings. The number of hydrogen-bond acceptors (Lipinski definition) is 6. The number of rotatable bonds is 12. The molecule has 156 valence electrons. The van der Waals surface area contributed by atoms with Crippen molar-refractivity contribution in [2.24, 2.45) is 0 Å². The van der Waals surface area contributed by atoms with E-state index >= 15 is 0 Å². The SMILES string of the molecule is [2H]C(C)(C)N1CCC([2H])([2H])C1([2H])C(=C)NCCC(=C)NCCC(=C)ON1C(=O)CCC1=O. The Hall–Kier alpha value is -2.28. The standard InChI is InChI=1S/C21H34N4O3/c1-15(2)24-14-6-7-19(24)18(5)23-12-10-16(3)22-13-11-17(4)28-25-20(26)8-9-21(25)27/h15,19,22-23H,3-14H2,1-2H3/i7D2,15D,19D. The quantitative estimate of drug-likeness (QED) is 0.391. The summed E-state index contributed by atoms with van der Waals surface area (Å²) in [4.78, 5) is 29.9. The topological polar surface area (TPSA) is 73.9 Å².